The van der Waals surface area contributed by atoms with E-state index in [2.05, 4.69) is 0 Å². The van der Waals surface area contributed by atoms with Crippen LogP contribution in [0.15, 0.2) is 53.4 Å². The number of anilines is 1. The number of nitro groups is 1. The van der Waals surface area contributed by atoms with E-state index >= 15 is 0 Å². The molecule has 132 valence electrons. The van der Waals surface area contributed by atoms with Crippen molar-refractivity contribution in [3.05, 3.63) is 64.2 Å². The van der Waals surface area contributed by atoms with Crippen molar-refractivity contribution in [1.82, 2.24) is 0 Å². The van der Waals surface area contributed by atoms with Crippen molar-refractivity contribution in [2.24, 2.45) is 0 Å². The predicted octanol–water partition coefficient (Wildman–Crippen LogP) is 2.57. The van der Waals surface area contributed by atoms with E-state index in [4.69, 9.17) is 0 Å². The molecule has 0 aliphatic heterocycles. The average Bonchev–Trinajstić information content (AvgIpc) is 2.54. The molecule has 2 aromatic carbocycles. The molecule has 0 fully saturated rings. The van der Waals surface area contributed by atoms with E-state index in [0.29, 0.717) is 0 Å². The first-order valence-corrected chi connectivity index (χ1v) is 8.67. The maximum atomic E-state index is 13.0. The lowest BCUT2D eigenvalue weighted by Crippen LogP contribution is -2.43. The highest BCUT2D eigenvalue weighted by molar-refractivity contribution is 7.93. The van der Waals surface area contributed by atoms with E-state index < -0.39 is 32.6 Å². The average molecular weight is 364 g/mol. The van der Waals surface area contributed by atoms with Gasteiger partial charge in [-0.3, -0.25) is 14.4 Å². The topological polar surface area (TPSA) is 118 Å². The van der Waals surface area contributed by atoms with E-state index in [1.54, 1.807) is 19.1 Å². The van der Waals surface area contributed by atoms with Crippen molar-refractivity contribution < 1.29 is 23.2 Å². The summed E-state index contributed by atoms with van der Waals surface area (Å²) in [5.74, 6) is -1.34. The van der Waals surface area contributed by atoms with Crippen LogP contribution in [0.4, 0.5) is 11.4 Å². The van der Waals surface area contributed by atoms with Gasteiger partial charge in [0.1, 0.15) is 6.04 Å². The molecule has 9 heteroatoms. The molecule has 1 unspecified atom stereocenters. The SMILES string of the molecule is Cc1cccc(N(C(C)C(=O)O)S(=O)(=O)c2cccc([N+](=O)[O-])c2)c1. The first-order chi connectivity index (χ1) is 11.6. The van der Waals surface area contributed by atoms with Gasteiger partial charge in [-0.1, -0.05) is 18.2 Å². The Morgan fingerprint density at radius 2 is 1.84 bits per heavy atom. The molecule has 2 rings (SSSR count). The fraction of sp³-hybridized carbons (Fsp3) is 0.188. The van der Waals surface area contributed by atoms with Crippen LogP contribution in [-0.4, -0.2) is 30.5 Å². The molecule has 0 heterocycles. The zero-order chi connectivity index (χ0) is 18.8. The van der Waals surface area contributed by atoms with Gasteiger partial charge in [0.2, 0.25) is 0 Å². The predicted molar refractivity (Wildman–Crippen MR) is 91.0 cm³/mol. The summed E-state index contributed by atoms with van der Waals surface area (Å²) in [4.78, 5) is 21.3. The van der Waals surface area contributed by atoms with Crippen LogP contribution in [0.1, 0.15) is 12.5 Å². The standard InChI is InChI=1S/C16H16N2O6S/c1-11-5-3-6-13(9-11)17(12(2)16(19)20)25(23,24)15-8-4-7-14(10-15)18(21)22/h3-10,12H,1-2H3,(H,19,20). The highest BCUT2D eigenvalue weighted by atomic mass is 32.2. The monoisotopic (exact) mass is 364 g/mol. The Bertz CT molecular complexity index is 926. The smallest absolute Gasteiger partial charge is 0.327 e. The summed E-state index contributed by atoms with van der Waals surface area (Å²) in [6.07, 6.45) is 0. The Labute approximate surface area is 144 Å². The minimum absolute atomic E-state index is 0.168. The molecule has 0 saturated carbocycles. The molecular formula is C16H16N2O6S. The quantitative estimate of drug-likeness (QED) is 0.622. The first kappa shape index (κ1) is 18.4. The zero-order valence-corrected chi connectivity index (χ0v) is 14.3. The number of sulfonamides is 1. The molecule has 0 bridgehead atoms. The second kappa shape index (κ2) is 6.89. The lowest BCUT2D eigenvalue weighted by Gasteiger charge is -2.28. The van der Waals surface area contributed by atoms with Crippen LogP contribution < -0.4 is 4.31 Å². The van der Waals surface area contributed by atoms with Gasteiger partial charge in [0.05, 0.1) is 15.5 Å². The van der Waals surface area contributed by atoms with Crippen LogP contribution in [0.2, 0.25) is 0 Å². The highest BCUT2D eigenvalue weighted by Gasteiger charge is 2.34. The fourth-order valence-electron chi connectivity index (χ4n) is 2.31. The molecule has 0 aliphatic carbocycles. The molecule has 0 saturated heterocycles. The molecule has 8 nitrogen and oxygen atoms in total. The van der Waals surface area contributed by atoms with E-state index in [9.17, 15) is 28.4 Å². The van der Waals surface area contributed by atoms with Crippen molar-refractivity contribution in [2.45, 2.75) is 24.8 Å². The van der Waals surface area contributed by atoms with Crippen LogP contribution in [0.5, 0.6) is 0 Å². The lowest BCUT2D eigenvalue weighted by atomic mass is 10.2. The zero-order valence-electron chi connectivity index (χ0n) is 13.5. The van der Waals surface area contributed by atoms with Gasteiger partial charge in [0.25, 0.3) is 15.7 Å². The Kier molecular flexibility index (Phi) is 5.07. The Morgan fingerprint density at radius 3 is 2.40 bits per heavy atom. The number of carboxylic acids is 1. The Balaban J connectivity index is 2.65. The Morgan fingerprint density at radius 1 is 1.20 bits per heavy atom. The lowest BCUT2D eigenvalue weighted by molar-refractivity contribution is -0.385. The largest absolute Gasteiger partial charge is 0.480 e. The second-order valence-corrected chi connectivity index (χ2v) is 7.22. The van der Waals surface area contributed by atoms with Crippen molar-refractivity contribution in [3.63, 3.8) is 0 Å². The number of nitrogens with zero attached hydrogens (tertiary/aromatic N) is 2. The van der Waals surface area contributed by atoms with E-state index in [-0.39, 0.29) is 10.6 Å². The van der Waals surface area contributed by atoms with Crippen molar-refractivity contribution in [3.8, 4) is 0 Å². The Hall–Kier alpha value is -2.94. The molecule has 0 aromatic heterocycles. The third kappa shape index (κ3) is 3.77. The summed E-state index contributed by atoms with van der Waals surface area (Å²) in [6, 6.07) is 9.47. The van der Waals surface area contributed by atoms with Crippen molar-refractivity contribution >= 4 is 27.4 Å². The number of aryl methyl sites for hydroxylation is 1. The first-order valence-electron chi connectivity index (χ1n) is 7.23. The number of non-ortho nitro benzene ring substituents is 1. The number of carbonyl (C=O) groups is 1. The van der Waals surface area contributed by atoms with Crippen LogP contribution in [0.25, 0.3) is 0 Å². The van der Waals surface area contributed by atoms with Crippen molar-refractivity contribution in [1.29, 1.82) is 0 Å². The molecular weight excluding hydrogens is 348 g/mol. The number of rotatable bonds is 6. The molecule has 0 spiro atoms. The summed E-state index contributed by atoms with van der Waals surface area (Å²) in [6.45, 7) is 2.98. The molecule has 25 heavy (non-hydrogen) atoms. The summed E-state index contributed by atoms with van der Waals surface area (Å²) in [5, 5.41) is 20.2. The second-order valence-electron chi connectivity index (χ2n) is 5.41. The van der Waals surface area contributed by atoms with Gasteiger partial charge in [-0.15, -0.1) is 0 Å². The number of aliphatic carboxylic acids is 1. The third-order valence-electron chi connectivity index (χ3n) is 3.55. The van der Waals surface area contributed by atoms with Gasteiger partial charge < -0.3 is 5.11 Å². The molecule has 0 aliphatic rings. The van der Waals surface area contributed by atoms with Gasteiger partial charge in [0, 0.05) is 12.1 Å². The number of carboxylic acid groups (broad SMARTS) is 1. The van der Waals surface area contributed by atoms with E-state index in [1.165, 1.54) is 31.2 Å². The minimum atomic E-state index is -4.32. The summed E-state index contributed by atoms with van der Waals surface area (Å²) in [5.41, 5.74) is 0.518. The normalized spacial score (nSPS) is 12.4. The van der Waals surface area contributed by atoms with Gasteiger partial charge >= 0.3 is 5.97 Å². The van der Waals surface area contributed by atoms with E-state index in [1.807, 2.05) is 0 Å². The number of nitro benzene ring substituents is 1. The van der Waals surface area contributed by atoms with Gasteiger partial charge in [-0.05, 0) is 37.6 Å². The molecule has 0 amide bonds. The van der Waals surface area contributed by atoms with E-state index in [0.717, 1.165) is 22.0 Å². The van der Waals surface area contributed by atoms with Crippen molar-refractivity contribution in [2.75, 3.05) is 4.31 Å². The van der Waals surface area contributed by atoms with Crippen LogP contribution in [-0.2, 0) is 14.8 Å². The number of hydrogen-bond donors (Lipinski definition) is 1. The summed E-state index contributed by atoms with van der Waals surface area (Å²) >= 11 is 0. The minimum Gasteiger partial charge on any atom is -0.480 e. The molecule has 2 aromatic rings. The number of benzene rings is 2. The van der Waals surface area contributed by atoms with Gasteiger partial charge in [0.15, 0.2) is 0 Å². The van der Waals surface area contributed by atoms with Crippen LogP contribution in [0, 0.1) is 17.0 Å². The number of hydrogen-bond acceptors (Lipinski definition) is 5. The van der Waals surface area contributed by atoms with Crippen LogP contribution in [0.3, 0.4) is 0 Å². The summed E-state index contributed by atoms with van der Waals surface area (Å²) < 4.78 is 26.8. The highest BCUT2D eigenvalue weighted by Crippen LogP contribution is 2.28. The third-order valence-corrected chi connectivity index (χ3v) is 5.45. The molecule has 1 atom stereocenters. The van der Waals surface area contributed by atoms with Crippen LogP contribution >= 0.6 is 0 Å². The molecule has 1 N–H and O–H groups in total. The maximum absolute atomic E-state index is 13.0. The van der Waals surface area contributed by atoms with Gasteiger partial charge in [-0.2, -0.15) is 0 Å². The molecule has 0 radical (unpaired) electrons. The fourth-order valence-corrected chi connectivity index (χ4v) is 3.95. The summed E-state index contributed by atoms with van der Waals surface area (Å²) in [7, 11) is -4.32. The maximum Gasteiger partial charge on any atom is 0.327 e. The van der Waals surface area contributed by atoms with Gasteiger partial charge in [-0.25, -0.2) is 13.2 Å².